The van der Waals surface area contributed by atoms with Gasteiger partial charge < -0.3 is 4.90 Å². The molecule has 132 valence electrons. The quantitative estimate of drug-likeness (QED) is 0.736. The van der Waals surface area contributed by atoms with Gasteiger partial charge in [-0.3, -0.25) is 14.2 Å². The Morgan fingerprint density at radius 1 is 1.17 bits per heavy atom. The lowest BCUT2D eigenvalue weighted by Crippen LogP contribution is -2.56. The molecular formula is C16H29N3O3S. The molecule has 3 fully saturated rings. The molecule has 0 aromatic carbocycles. The summed E-state index contributed by atoms with van der Waals surface area (Å²) in [7, 11) is 0. The van der Waals surface area contributed by atoms with E-state index in [0.717, 1.165) is 51.2 Å². The third kappa shape index (κ3) is 4.75. The summed E-state index contributed by atoms with van der Waals surface area (Å²) in [6.45, 7) is 6.24. The van der Waals surface area contributed by atoms with E-state index in [9.17, 15) is 9.00 Å². The van der Waals surface area contributed by atoms with Crippen molar-refractivity contribution in [1.82, 2.24) is 14.5 Å². The standard InChI is InChI=1S/C16H29N3O3S/c1-12-10-18(11-13-2-3-13)8-9-19(12)16(20)14-4-6-15(7-5-14)17-23(21)22/h12-15,17H,2-11H2,1H3,(H,21,22)/t12-,14?,15?/m1/s1. The normalized spacial score (nSPS) is 34.3. The zero-order valence-electron chi connectivity index (χ0n) is 13.9. The number of nitrogens with one attached hydrogen (secondary N) is 1. The molecular weight excluding hydrogens is 314 g/mol. The monoisotopic (exact) mass is 343 g/mol. The van der Waals surface area contributed by atoms with Crippen molar-refractivity contribution in [2.24, 2.45) is 11.8 Å². The molecule has 23 heavy (non-hydrogen) atoms. The summed E-state index contributed by atoms with van der Waals surface area (Å²) >= 11 is -1.95. The average molecular weight is 343 g/mol. The van der Waals surface area contributed by atoms with Gasteiger partial charge in [0.05, 0.1) is 0 Å². The second-order valence-electron chi connectivity index (χ2n) is 7.50. The average Bonchev–Trinajstić information content (AvgIpc) is 3.31. The Hall–Kier alpha value is -0.500. The lowest BCUT2D eigenvalue weighted by molar-refractivity contribution is -0.141. The molecule has 1 unspecified atom stereocenters. The van der Waals surface area contributed by atoms with E-state index in [1.165, 1.54) is 19.4 Å². The first-order valence-electron chi connectivity index (χ1n) is 8.92. The Morgan fingerprint density at radius 3 is 2.43 bits per heavy atom. The highest BCUT2D eigenvalue weighted by Crippen LogP contribution is 2.31. The van der Waals surface area contributed by atoms with E-state index in [4.69, 9.17) is 4.55 Å². The molecule has 0 radical (unpaired) electrons. The number of rotatable bonds is 5. The van der Waals surface area contributed by atoms with E-state index in [-0.39, 0.29) is 12.0 Å². The Morgan fingerprint density at radius 2 is 1.87 bits per heavy atom. The molecule has 0 aromatic heterocycles. The largest absolute Gasteiger partial charge is 0.337 e. The highest BCUT2D eigenvalue weighted by molar-refractivity contribution is 7.77. The van der Waals surface area contributed by atoms with E-state index in [2.05, 4.69) is 21.4 Å². The molecule has 1 amide bonds. The van der Waals surface area contributed by atoms with Gasteiger partial charge in [0, 0.05) is 44.2 Å². The molecule has 3 aliphatic rings. The summed E-state index contributed by atoms with van der Waals surface area (Å²) in [5.41, 5.74) is 0. The van der Waals surface area contributed by atoms with Gasteiger partial charge >= 0.3 is 0 Å². The second-order valence-corrected chi connectivity index (χ2v) is 8.23. The number of amides is 1. The molecule has 2 atom stereocenters. The fraction of sp³-hybridized carbons (Fsp3) is 0.938. The number of hydrogen-bond acceptors (Lipinski definition) is 3. The van der Waals surface area contributed by atoms with Crippen molar-refractivity contribution in [3.8, 4) is 0 Å². The van der Waals surface area contributed by atoms with Crippen molar-refractivity contribution in [2.75, 3.05) is 26.2 Å². The number of carbonyl (C=O) groups excluding carboxylic acids is 1. The Balaban J connectivity index is 1.45. The van der Waals surface area contributed by atoms with Gasteiger partial charge in [0.25, 0.3) is 0 Å². The maximum Gasteiger partial charge on any atom is 0.231 e. The number of carbonyl (C=O) groups is 1. The minimum atomic E-state index is -1.95. The van der Waals surface area contributed by atoms with Crippen LogP contribution in [-0.2, 0) is 16.1 Å². The van der Waals surface area contributed by atoms with Crippen molar-refractivity contribution in [2.45, 2.75) is 57.5 Å². The van der Waals surface area contributed by atoms with Crippen LogP contribution >= 0.6 is 0 Å². The van der Waals surface area contributed by atoms with Crippen LogP contribution in [0.2, 0.25) is 0 Å². The number of hydrogen-bond donors (Lipinski definition) is 2. The van der Waals surface area contributed by atoms with Gasteiger partial charge in [0.2, 0.25) is 17.2 Å². The molecule has 2 N–H and O–H groups in total. The highest BCUT2D eigenvalue weighted by atomic mass is 32.2. The molecule has 7 heteroatoms. The first kappa shape index (κ1) is 17.3. The fourth-order valence-electron chi connectivity index (χ4n) is 4.03. The summed E-state index contributed by atoms with van der Waals surface area (Å²) in [6, 6.07) is 0.369. The molecule has 6 nitrogen and oxygen atoms in total. The molecule has 1 heterocycles. The van der Waals surface area contributed by atoms with Gasteiger partial charge in [-0.15, -0.1) is 0 Å². The Labute approximate surface area is 141 Å². The summed E-state index contributed by atoms with van der Waals surface area (Å²) in [6.07, 6.45) is 6.01. The van der Waals surface area contributed by atoms with E-state index in [0.29, 0.717) is 11.9 Å². The fourth-order valence-corrected chi connectivity index (χ4v) is 4.55. The van der Waals surface area contributed by atoms with Gasteiger partial charge in [0.15, 0.2) is 0 Å². The van der Waals surface area contributed by atoms with Crippen molar-refractivity contribution >= 4 is 17.2 Å². The molecule has 2 saturated carbocycles. The maximum absolute atomic E-state index is 12.8. The van der Waals surface area contributed by atoms with Crippen LogP contribution in [0.15, 0.2) is 0 Å². The van der Waals surface area contributed by atoms with Crippen molar-refractivity contribution in [3.05, 3.63) is 0 Å². The predicted molar refractivity (Wildman–Crippen MR) is 90.0 cm³/mol. The van der Waals surface area contributed by atoms with Crippen LogP contribution in [0, 0.1) is 11.8 Å². The summed E-state index contributed by atoms with van der Waals surface area (Å²) in [5.74, 6) is 1.30. The smallest absolute Gasteiger partial charge is 0.231 e. The zero-order chi connectivity index (χ0) is 16.4. The maximum atomic E-state index is 12.8. The molecule has 1 saturated heterocycles. The molecule has 2 aliphatic carbocycles. The number of nitrogens with zero attached hydrogens (tertiary/aromatic N) is 2. The van der Waals surface area contributed by atoms with Crippen LogP contribution in [0.5, 0.6) is 0 Å². The van der Waals surface area contributed by atoms with Crippen LogP contribution in [-0.4, -0.2) is 62.7 Å². The summed E-state index contributed by atoms with van der Waals surface area (Å²) in [5, 5.41) is 0. The number of piperazine rings is 1. The van der Waals surface area contributed by atoms with E-state index in [1.54, 1.807) is 0 Å². The van der Waals surface area contributed by atoms with Crippen molar-refractivity contribution < 1.29 is 13.6 Å². The highest BCUT2D eigenvalue weighted by Gasteiger charge is 2.35. The van der Waals surface area contributed by atoms with Gasteiger partial charge in [-0.1, -0.05) is 0 Å². The van der Waals surface area contributed by atoms with Crippen molar-refractivity contribution in [3.63, 3.8) is 0 Å². The molecule has 0 bridgehead atoms. The molecule has 1 aliphatic heterocycles. The topological polar surface area (TPSA) is 72.9 Å². The zero-order valence-corrected chi connectivity index (χ0v) is 14.8. The SMILES string of the molecule is C[C@@H]1CN(CC2CC2)CCN1C(=O)C1CCC(NS(=O)O)CC1. The second kappa shape index (κ2) is 7.59. The summed E-state index contributed by atoms with van der Waals surface area (Å²) in [4.78, 5) is 17.4. The minimum Gasteiger partial charge on any atom is -0.337 e. The third-order valence-corrected chi connectivity index (χ3v) is 6.09. The molecule has 0 aromatic rings. The third-order valence-electron chi connectivity index (χ3n) is 5.55. The van der Waals surface area contributed by atoms with Gasteiger partial charge in [-0.05, 0) is 51.4 Å². The summed E-state index contributed by atoms with van der Waals surface area (Å²) < 4.78 is 22.4. The molecule has 3 rings (SSSR count). The van der Waals surface area contributed by atoms with E-state index in [1.807, 2.05) is 0 Å². The van der Waals surface area contributed by atoms with Crippen LogP contribution in [0.4, 0.5) is 0 Å². The van der Waals surface area contributed by atoms with E-state index < -0.39 is 11.3 Å². The predicted octanol–water partition coefficient (Wildman–Crippen LogP) is 1.21. The van der Waals surface area contributed by atoms with Crippen LogP contribution in [0.1, 0.15) is 45.4 Å². The van der Waals surface area contributed by atoms with Gasteiger partial charge in [-0.25, -0.2) is 8.93 Å². The van der Waals surface area contributed by atoms with Crippen LogP contribution in [0.25, 0.3) is 0 Å². The van der Waals surface area contributed by atoms with Gasteiger partial charge in [-0.2, -0.15) is 0 Å². The first-order valence-corrected chi connectivity index (χ1v) is 10.0. The minimum absolute atomic E-state index is 0.0673. The van der Waals surface area contributed by atoms with Crippen molar-refractivity contribution in [1.29, 1.82) is 0 Å². The Kier molecular flexibility index (Phi) is 5.72. The van der Waals surface area contributed by atoms with Gasteiger partial charge in [0.1, 0.15) is 0 Å². The lowest BCUT2D eigenvalue weighted by Gasteiger charge is -2.42. The Bertz CT molecular complexity index is 450. The lowest BCUT2D eigenvalue weighted by atomic mass is 9.85. The first-order chi connectivity index (χ1) is 11.0. The van der Waals surface area contributed by atoms with E-state index >= 15 is 0 Å². The molecule has 0 spiro atoms. The van der Waals surface area contributed by atoms with Crippen LogP contribution in [0.3, 0.4) is 0 Å². The van der Waals surface area contributed by atoms with Crippen LogP contribution < -0.4 is 4.72 Å².